The van der Waals surface area contributed by atoms with E-state index in [2.05, 4.69) is 38.8 Å². The quantitative estimate of drug-likeness (QED) is 0.712. The zero-order chi connectivity index (χ0) is 19.0. The third-order valence-electron chi connectivity index (χ3n) is 5.07. The van der Waals surface area contributed by atoms with Crippen LogP contribution in [-0.2, 0) is 0 Å². The summed E-state index contributed by atoms with van der Waals surface area (Å²) < 4.78 is 5.52. The van der Waals surface area contributed by atoms with Crippen molar-refractivity contribution in [3.63, 3.8) is 0 Å². The number of methoxy groups -OCH3 is 1. The van der Waals surface area contributed by atoms with Gasteiger partial charge in [0.15, 0.2) is 0 Å². The molecular formula is C21H25N5O. The highest BCUT2D eigenvalue weighted by Crippen LogP contribution is 2.29. The summed E-state index contributed by atoms with van der Waals surface area (Å²) in [5, 5.41) is 1.14. The predicted octanol–water partition coefficient (Wildman–Crippen LogP) is 3.29. The number of hydrogen-bond donors (Lipinski definition) is 0. The van der Waals surface area contributed by atoms with Crippen LogP contribution >= 0.6 is 0 Å². The van der Waals surface area contributed by atoms with Crippen LogP contribution in [-0.4, -0.2) is 48.2 Å². The van der Waals surface area contributed by atoms with E-state index >= 15 is 0 Å². The number of anilines is 2. The van der Waals surface area contributed by atoms with Gasteiger partial charge in [-0.25, -0.2) is 15.0 Å². The van der Waals surface area contributed by atoms with E-state index in [1.807, 2.05) is 32.0 Å². The summed E-state index contributed by atoms with van der Waals surface area (Å²) in [4.78, 5) is 18.7. The van der Waals surface area contributed by atoms with Gasteiger partial charge in [0.05, 0.1) is 7.11 Å². The molecule has 0 bridgehead atoms. The number of aromatic nitrogens is 3. The lowest BCUT2D eigenvalue weighted by Gasteiger charge is -2.35. The molecule has 0 N–H and O–H groups in total. The maximum atomic E-state index is 5.52. The lowest BCUT2D eigenvalue weighted by Crippen LogP contribution is -2.47. The monoisotopic (exact) mass is 363 g/mol. The van der Waals surface area contributed by atoms with E-state index < -0.39 is 0 Å². The Kier molecular flexibility index (Phi) is 4.56. The molecule has 3 aromatic rings. The molecule has 0 radical (unpaired) electrons. The smallest absolute Gasteiger partial charge is 0.225 e. The molecule has 1 aliphatic heterocycles. The summed E-state index contributed by atoms with van der Waals surface area (Å²) >= 11 is 0. The van der Waals surface area contributed by atoms with E-state index in [1.54, 1.807) is 7.11 Å². The van der Waals surface area contributed by atoms with Crippen molar-refractivity contribution in [1.82, 2.24) is 15.0 Å². The van der Waals surface area contributed by atoms with Crippen LogP contribution in [0.25, 0.3) is 10.9 Å². The van der Waals surface area contributed by atoms with Crippen LogP contribution < -0.4 is 14.5 Å². The molecule has 140 valence electrons. The first-order valence-corrected chi connectivity index (χ1v) is 9.31. The average Bonchev–Trinajstić information content (AvgIpc) is 2.67. The van der Waals surface area contributed by atoms with Crippen LogP contribution in [0.3, 0.4) is 0 Å². The minimum atomic E-state index is 0.819. The number of ether oxygens (including phenoxy) is 1. The van der Waals surface area contributed by atoms with Crippen LogP contribution in [0, 0.1) is 20.8 Å². The van der Waals surface area contributed by atoms with E-state index in [0.717, 1.165) is 66.0 Å². The van der Waals surface area contributed by atoms with Crippen molar-refractivity contribution in [2.24, 2.45) is 0 Å². The second-order valence-electron chi connectivity index (χ2n) is 7.08. The molecule has 0 unspecified atom stereocenters. The van der Waals surface area contributed by atoms with Crippen LogP contribution in [0.5, 0.6) is 5.75 Å². The standard InChI is InChI=1S/C21H25N5O/c1-14-12-19(24-20-17(14)6-5-7-18(20)27-4)25-8-10-26(11-9-25)21-22-15(2)13-16(3)23-21/h5-7,12-13H,8-11H2,1-4H3. The normalized spacial score (nSPS) is 14.7. The Morgan fingerprint density at radius 1 is 0.852 bits per heavy atom. The molecule has 1 fully saturated rings. The predicted molar refractivity (Wildman–Crippen MR) is 109 cm³/mol. The Bertz CT molecular complexity index is 959. The molecule has 4 rings (SSSR count). The van der Waals surface area contributed by atoms with Crippen molar-refractivity contribution in [3.8, 4) is 5.75 Å². The van der Waals surface area contributed by atoms with E-state index in [0.29, 0.717) is 0 Å². The Morgan fingerprint density at radius 3 is 2.19 bits per heavy atom. The maximum absolute atomic E-state index is 5.52. The second kappa shape index (κ2) is 7.02. The number of aryl methyl sites for hydroxylation is 3. The summed E-state index contributed by atoms with van der Waals surface area (Å²) in [6, 6.07) is 10.3. The first-order valence-electron chi connectivity index (χ1n) is 9.31. The summed E-state index contributed by atoms with van der Waals surface area (Å²) in [5.74, 6) is 2.65. The number of para-hydroxylation sites is 1. The number of piperazine rings is 1. The van der Waals surface area contributed by atoms with Gasteiger partial charge in [0.1, 0.15) is 17.1 Å². The number of nitrogens with zero attached hydrogens (tertiary/aromatic N) is 5. The van der Waals surface area contributed by atoms with Gasteiger partial charge in [-0.1, -0.05) is 12.1 Å². The molecule has 1 aromatic carbocycles. The molecule has 1 aliphatic rings. The molecule has 0 aliphatic carbocycles. The van der Waals surface area contributed by atoms with Gasteiger partial charge in [-0.15, -0.1) is 0 Å². The van der Waals surface area contributed by atoms with Crippen LogP contribution in [0.2, 0.25) is 0 Å². The van der Waals surface area contributed by atoms with Gasteiger partial charge in [-0.3, -0.25) is 0 Å². The summed E-state index contributed by atoms with van der Waals surface area (Å²) in [6.45, 7) is 9.72. The van der Waals surface area contributed by atoms with Gasteiger partial charge >= 0.3 is 0 Å². The maximum Gasteiger partial charge on any atom is 0.225 e. The van der Waals surface area contributed by atoms with Gasteiger partial charge < -0.3 is 14.5 Å². The molecule has 0 amide bonds. The number of benzene rings is 1. The highest BCUT2D eigenvalue weighted by atomic mass is 16.5. The third kappa shape index (κ3) is 3.39. The summed E-state index contributed by atoms with van der Waals surface area (Å²) in [7, 11) is 1.70. The Morgan fingerprint density at radius 2 is 1.52 bits per heavy atom. The molecular weight excluding hydrogens is 338 g/mol. The van der Waals surface area contributed by atoms with E-state index in [9.17, 15) is 0 Å². The Labute approximate surface area is 159 Å². The van der Waals surface area contributed by atoms with Gasteiger partial charge in [0.25, 0.3) is 0 Å². The third-order valence-corrected chi connectivity index (χ3v) is 5.07. The summed E-state index contributed by atoms with van der Waals surface area (Å²) in [5.41, 5.74) is 4.17. The van der Waals surface area contributed by atoms with E-state index in [4.69, 9.17) is 9.72 Å². The van der Waals surface area contributed by atoms with Crippen molar-refractivity contribution in [2.75, 3.05) is 43.1 Å². The molecule has 27 heavy (non-hydrogen) atoms. The molecule has 0 saturated carbocycles. The van der Waals surface area contributed by atoms with Crippen molar-refractivity contribution in [1.29, 1.82) is 0 Å². The van der Waals surface area contributed by atoms with Crippen molar-refractivity contribution < 1.29 is 4.74 Å². The lowest BCUT2D eigenvalue weighted by molar-refractivity contribution is 0.419. The van der Waals surface area contributed by atoms with Crippen LogP contribution in [0.15, 0.2) is 30.3 Å². The molecule has 0 spiro atoms. The molecule has 6 nitrogen and oxygen atoms in total. The molecule has 6 heteroatoms. The SMILES string of the molecule is COc1cccc2c(C)cc(N3CCN(c4nc(C)cc(C)n4)CC3)nc12. The van der Waals surface area contributed by atoms with E-state index in [1.165, 1.54) is 5.56 Å². The van der Waals surface area contributed by atoms with E-state index in [-0.39, 0.29) is 0 Å². The first kappa shape index (κ1) is 17.5. The molecule has 3 heterocycles. The van der Waals surface area contributed by atoms with Crippen LogP contribution in [0.1, 0.15) is 17.0 Å². The van der Waals surface area contributed by atoms with Gasteiger partial charge in [-0.05, 0) is 44.5 Å². The fourth-order valence-electron chi connectivity index (χ4n) is 3.69. The molecule has 1 saturated heterocycles. The van der Waals surface area contributed by atoms with Crippen molar-refractivity contribution in [2.45, 2.75) is 20.8 Å². The molecule has 2 aromatic heterocycles. The average molecular weight is 363 g/mol. The summed E-state index contributed by atoms with van der Waals surface area (Å²) in [6.07, 6.45) is 0. The van der Waals surface area contributed by atoms with Crippen LogP contribution in [0.4, 0.5) is 11.8 Å². The largest absolute Gasteiger partial charge is 0.494 e. The highest BCUT2D eigenvalue weighted by Gasteiger charge is 2.21. The minimum absolute atomic E-state index is 0.819. The zero-order valence-electron chi connectivity index (χ0n) is 16.4. The zero-order valence-corrected chi connectivity index (χ0v) is 16.4. The van der Waals surface area contributed by atoms with Crippen molar-refractivity contribution >= 4 is 22.7 Å². The second-order valence-corrected chi connectivity index (χ2v) is 7.08. The van der Waals surface area contributed by atoms with Gasteiger partial charge in [0.2, 0.25) is 5.95 Å². The van der Waals surface area contributed by atoms with Gasteiger partial charge in [-0.2, -0.15) is 0 Å². The topological polar surface area (TPSA) is 54.4 Å². The number of rotatable bonds is 3. The Balaban J connectivity index is 1.57. The fraction of sp³-hybridized carbons (Fsp3) is 0.381. The number of pyridine rings is 1. The van der Waals surface area contributed by atoms with Gasteiger partial charge in [0, 0.05) is 43.0 Å². The minimum Gasteiger partial charge on any atom is -0.494 e. The van der Waals surface area contributed by atoms with Crippen molar-refractivity contribution in [3.05, 3.63) is 47.3 Å². The molecule has 0 atom stereocenters. The number of hydrogen-bond acceptors (Lipinski definition) is 6. The number of fused-ring (bicyclic) bond motifs is 1. The highest BCUT2D eigenvalue weighted by molar-refractivity contribution is 5.88. The fourth-order valence-corrected chi connectivity index (χ4v) is 3.69. The Hall–Kier alpha value is -2.89. The first-order chi connectivity index (χ1) is 13.0. The lowest BCUT2D eigenvalue weighted by atomic mass is 10.1.